The highest BCUT2D eigenvalue weighted by molar-refractivity contribution is 6.25. The molecule has 31 heavy (non-hydrogen) atoms. The Labute approximate surface area is 177 Å². The van der Waals surface area contributed by atoms with Gasteiger partial charge in [0.15, 0.2) is 11.4 Å². The van der Waals surface area contributed by atoms with E-state index in [0.29, 0.717) is 5.56 Å². The van der Waals surface area contributed by atoms with E-state index in [4.69, 9.17) is 11.5 Å². The predicted molar refractivity (Wildman–Crippen MR) is 108 cm³/mol. The number of aromatic hydroxyl groups is 1. The van der Waals surface area contributed by atoms with Crippen molar-refractivity contribution in [2.24, 2.45) is 23.5 Å². The highest BCUT2D eigenvalue weighted by Gasteiger charge is 2.67. The molecule has 166 valence electrons. The summed E-state index contributed by atoms with van der Waals surface area (Å²) in [7, 11) is 3.21. The van der Waals surface area contributed by atoms with Crippen molar-refractivity contribution in [2.45, 2.75) is 30.6 Å². The standard InChI is InChI=1S/C21H25N3O7/c1-24(2)14-9-6-8-5-7-3-4-10(22)15(25)11(7)16(26)12(8)18(28)21(9,31)19(29)13(17(14)27)20(23)30/h3-4,8-9,13-14,17,25-27,31H,5-6,22H2,1-2H3,(H2,23,30)/t8-,9-,13?,14-,17?,21-/m0/s1. The normalized spacial score (nSPS) is 34.9. The molecular formula is C21H25N3O7. The summed E-state index contributed by atoms with van der Waals surface area (Å²) in [5.74, 6) is -7.70. The Hall–Kier alpha value is -2.95. The zero-order valence-corrected chi connectivity index (χ0v) is 17.1. The van der Waals surface area contributed by atoms with Gasteiger partial charge in [0.25, 0.3) is 0 Å². The fourth-order valence-electron chi connectivity index (χ4n) is 5.60. The van der Waals surface area contributed by atoms with Crippen LogP contribution in [-0.2, 0) is 20.8 Å². The van der Waals surface area contributed by atoms with Gasteiger partial charge >= 0.3 is 0 Å². The molecule has 0 saturated heterocycles. The number of likely N-dealkylation sites (N-methyl/N-ethyl adjacent to an activating group) is 1. The number of nitrogens with zero attached hydrogens (tertiary/aromatic N) is 1. The summed E-state index contributed by atoms with van der Waals surface area (Å²) >= 11 is 0. The summed E-state index contributed by atoms with van der Waals surface area (Å²) in [4.78, 5) is 40.2. The van der Waals surface area contributed by atoms with Crippen molar-refractivity contribution in [3.8, 4) is 5.75 Å². The average molecular weight is 431 g/mol. The molecule has 1 amide bonds. The molecule has 0 spiro atoms. The van der Waals surface area contributed by atoms with Gasteiger partial charge in [-0.25, -0.2) is 0 Å². The Morgan fingerprint density at radius 2 is 1.87 bits per heavy atom. The van der Waals surface area contributed by atoms with Crippen molar-refractivity contribution < 1.29 is 34.8 Å². The zero-order chi connectivity index (χ0) is 23.0. The molecule has 0 bridgehead atoms. The minimum absolute atomic E-state index is 0.00234. The fraction of sp³-hybridized carbons (Fsp3) is 0.476. The number of hydrogen-bond acceptors (Lipinski definition) is 9. The molecule has 8 N–H and O–H groups in total. The molecule has 6 atom stereocenters. The summed E-state index contributed by atoms with van der Waals surface area (Å²) in [5, 5.41) is 43.4. The van der Waals surface area contributed by atoms with Gasteiger partial charge in [-0.15, -0.1) is 0 Å². The first-order chi connectivity index (χ1) is 14.4. The molecule has 0 aliphatic heterocycles. The fourth-order valence-corrected chi connectivity index (χ4v) is 5.60. The third kappa shape index (κ3) is 2.65. The third-order valence-corrected chi connectivity index (χ3v) is 6.99. The van der Waals surface area contributed by atoms with Crippen molar-refractivity contribution >= 4 is 28.9 Å². The van der Waals surface area contributed by atoms with Gasteiger partial charge in [-0.2, -0.15) is 0 Å². The van der Waals surface area contributed by atoms with Crippen LogP contribution in [0.15, 0.2) is 17.7 Å². The van der Waals surface area contributed by atoms with Crippen LogP contribution in [0.5, 0.6) is 5.75 Å². The van der Waals surface area contributed by atoms with Gasteiger partial charge in [-0.3, -0.25) is 14.4 Å². The number of primary amides is 1. The summed E-state index contributed by atoms with van der Waals surface area (Å²) in [6, 6.07) is 2.21. The molecule has 0 heterocycles. The molecule has 1 aromatic rings. The van der Waals surface area contributed by atoms with E-state index in [1.807, 2.05) is 0 Å². The number of phenols is 1. The lowest BCUT2D eigenvalue weighted by Gasteiger charge is -2.53. The number of carbonyl (C=O) groups is 3. The lowest BCUT2D eigenvalue weighted by molar-refractivity contribution is -0.184. The number of hydrogen-bond donors (Lipinski definition) is 6. The molecule has 1 aromatic carbocycles. The maximum absolute atomic E-state index is 13.5. The molecule has 4 rings (SSSR count). The number of rotatable bonds is 2. The number of Topliss-reactive ketones (excluding diaryl/α,β-unsaturated/α-hetero) is 2. The Balaban J connectivity index is 1.93. The zero-order valence-electron chi connectivity index (χ0n) is 17.1. The van der Waals surface area contributed by atoms with Crippen LogP contribution in [0.25, 0.3) is 5.76 Å². The summed E-state index contributed by atoms with van der Waals surface area (Å²) in [6.45, 7) is 0. The largest absolute Gasteiger partial charge is 0.507 e. The van der Waals surface area contributed by atoms with Gasteiger partial charge in [0.05, 0.1) is 17.4 Å². The monoisotopic (exact) mass is 431 g/mol. The molecule has 10 heteroatoms. The maximum atomic E-state index is 13.5. The Kier molecular flexibility index (Phi) is 4.65. The lowest BCUT2D eigenvalue weighted by Crippen LogP contribution is -2.73. The van der Waals surface area contributed by atoms with Crippen molar-refractivity contribution in [3.05, 3.63) is 28.8 Å². The quantitative estimate of drug-likeness (QED) is 0.188. The van der Waals surface area contributed by atoms with Crippen molar-refractivity contribution in [3.63, 3.8) is 0 Å². The number of ketones is 2. The van der Waals surface area contributed by atoms with Gasteiger partial charge in [0, 0.05) is 17.5 Å². The van der Waals surface area contributed by atoms with Gasteiger partial charge in [-0.1, -0.05) is 6.07 Å². The number of nitrogens with two attached hydrogens (primary N) is 2. The number of nitrogen functional groups attached to an aromatic ring is 1. The van der Waals surface area contributed by atoms with Gasteiger partial charge < -0.3 is 36.8 Å². The molecule has 3 aliphatic carbocycles. The Morgan fingerprint density at radius 1 is 1.23 bits per heavy atom. The van der Waals surface area contributed by atoms with Gasteiger partial charge in [0.2, 0.25) is 11.7 Å². The van der Waals surface area contributed by atoms with Crippen LogP contribution in [0.2, 0.25) is 0 Å². The molecule has 2 fully saturated rings. The second-order valence-electron chi connectivity index (χ2n) is 8.83. The summed E-state index contributed by atoms with van der Waals surface area (Å²) in [5.41, 5.74) is 8.76. The van der Waals surface area contributed by atoms with Crippen LogP contribution in [0.3, 0.4) is 0 Å². The average Bonchev–Trinajstić information content (AvgIpc) is 2.67. The number of aliphatic hydroxyl groups is 3. The Morgan fingerprint density at radius 3 is 2.45 bits per heavy atom. The number of aliphatic hydroxyl groups excluding tert-OH is 2. The molecule has 3 aliphatic rings. The second kappa shape index (κ2) is 6.78. The van der Waals surface area contributed by atoms with Crippen LogP contribution in [0.4, 0.5) is 5.69 Å². The SMILES string of the molecule is CN(C)[C@@H]1C(O)C(C(N)=O)C(=O)[C@@]2(O)C(=O)C3=C(O)c4c(ccc(N)c4O)C[C@H]3C[C@@H]12. The van der Waals surface area contributed by atoms with Crippen LogP contribution in [0.1, 0.15) is 17.5 Å². The van der Waals surface area contributed by atoms with Gasteiger partial charge in [-0.05, 0) is 44.5 Å². The molecular weight excluding hydrogens is 406 g/mol. The molecule has 2 unspecified atom stereocenters. The molecule has 0 radical (unpaired) electrons. The maximum Gasteiger partial charge on any atom is 0.230 e. The van der Waals surface area contributed by atoms with Crippen molar-refractivity contribution in [1.82, 2.24) is 4.90 Å². The first-order valence-electron chi connectivity index (χ1n) is 9.92. The van der Waals surface area contributed by atoms with E-state index in [9.17, 15) is 34.8 Å². The van der Waals surface area contributed by atoms with E-state index in [0.717, 1.165) is 0 Å². The second-order valence-corrected chi connectivity index (χ2v) is 8.83. The van der Waals surface area contributed by atoms with Crippen molar-refractivity contribution in [2.75, 3.05) is 19.8 Å². The first-order valence-corrected chi connectivity index (χ1v) is 9.92. The van der Waals surface area contributed by atoms with E-state index < -0.39 is 64.5 Å². The van der Waals surface area contributed by atoms with E-state index in [1.165, 1.54) is 6.07 Å². The number of fused-ring (bicyclic) bond motifs is 3. The van der Waals surface area contributed by atoms with E-state index >= 15 is 0 Å². The number of anilines is 1. The number of carbonyl (C=O) groups excluding carboxylic acids is 3. The smallest absolute Gasteiger partial charge is 0.230 e. The lowest BCUT2D eigenvalue weighted by atomic mass is 9.54. The van der Waals surface area contributed by atoms with Crippen LogP contribution in [-0.4, -0.2) is 74.6 Å². The van der Waals surface area contributed by atoms with E-state index in [1.54, 1.807) is 25.1 Å². The van der Waals surface area contributed by atoms with Crippen LogP contribution < -0.4 is 11.5 Å². The van der Waals surface area contributed by atoms with E-state index in [2.05, 4.69) is 0 Å². The van der Waals surface area contributed by atoms with Crippen molar-refractivity contribution in [1.29, 1.82) is 0 Å². The number of amides is 1. The highest BCUT2D eigenvalue weighted by atomic mass is 16.3. The molecule has 2 saturated carbocycles. The van der Waals surface area contributed by atoms with Gasteiger partial charge in [0.1, 0.15) is 17.4 Å². The first kappa shape index (κ1) is 21.3. The molecule has 0 aromatic heterocycles. The summed E-state index contributed by atoms with van der Waals surface area (Å²) in [6.07, 6.45) is -1.16. The topological polar surface area (TPSA) is 187 Å². The minimum Gasteiger partial charge on any atom is -0.507 e. The van der Waals surface area contributed by atoms with Crippen LogP contribution in [0, 0.1) is 17.8 Å². The highest BCUT2D eigenvalue weighted by Crippen LogP contribution is 2.52. The number of benzene rings is 1. The Bertz CT molecular complexity index is 1050. The van der Waals surface area contributed by atoms with Crippen LogP contribution >= 0.6 is 0 Å². The third-order valence-electron chi connectivity index (χ3n) is 6.99. The molecule has 10 nitrogen and oxygen atoms in total. The predicted octanol–water partition coefficient (Wildman–Crippen LogP) is -1.29. The minimum atomic E-state index is -2.65. The van der Waals surface area contributed by atoms with E-state index in [-0.39, 0.29) is 29.7 Å². The number of phenolic OH excluding ortho intramolecular Hbond substituents is 1. The summed E-state index contributed by atoms with van der Waals surface area (Å²) < 4.78 is 0.